The molecule has 1 aromatic rings. The molecule has 4 unspecified atom stereocenters. The van der Waals surface area contributed by atoms with Crippen molar-refractivity contribution in [3.8, 4) is 0 Å². The number of aliphatic hydroxyl groups is 1. The average Bonchev–Trinajstić information content (AvgIpc) is 2.87. The van der Waals surface area contributed by atoms with Gasteiger partial charge >= 0.3 is 0 Å². The van der Waals surface area contributed by atoms with Crippen molar-refractivity contribution in [2.75, 3.05) is 0 Å². The Morgan fingerprint density at radius 1 is 1.25 bits per heavy atom. The second kappa shape index (κ2) is 3.59. The average molecular weight is 216 g/mol. The zero-order chi connectivity index (χ0) is 11.2. The van der Waals surface area contributed by atoms with E-state index in [2.05, 4.69) is 37.3 Å². The van der Waals surface area contributed by atoms with Gasteiger partial charge in [0.15, 0.2) is 0 Å². The standard InChI is InChI=1S/C15H20O/c1-2-15(12-6-4-3-5-7-12)10-11-8-13(15)9-14(11)16/h3-7,11,13-14,16H,2,8-10H2,1H3. The van der Waals surface area contributed by atoms with Crippen molar-refractivity contribution in [1.29, 1.82) is 0 Å². The highest BCUT2D eigenvalue weighted by Crippen LogP contribution is 2.58. The van der Waals surface area contributed by atoms with Crippen molar-refractivity contribution in [3.63, 3.8) is 0 Å². The van der Waals surface area contributed by atoms with Crippen LogP contribution in [0.2, 0.25) is 0 Å². The minimum Gasteiger partial charge on any atom is -0.393 e. The van der Waals surface area contributed by atoms with Crippen LogP contribution in [0.1, 0.15) is 38.2 Å². The minimum atomic E-state index is -0.0200. The minimum absolute atomic E-state index is 0.0200. The number of rotatable bonds is 2. The molecule has 1 nitrogen and oxygen atoms in total. The van der Waals surface area contributed by atoms with Crippen molar-refractivity contribution >= 4 is 0 Å². The largest absolute Gasteiger partial charge is 0.393 e. The molecule has 2 saturated carbocycles. The number of fused-ring (bicyclic) bond motifs is 2. The molecule has 0 aliphatic heterocycles. The highest BCUT2D eigenvalue weighted by molar-refractivity contribution is 5.30. The third-order valence-corrected chi connectivity index (χ3v) is 5.04. The van der Waals surface area contributed by atoms with Crippen LogP contribution in [0.15, 0.2) is 30.3 Å². The van der Waals surface area contributed by atoms with E-state index in [4.69, 9.17) is 0 Å². The van der Waals surface area contributed by atoms with E-state index < -0.39 is 0 Å². The van der Waals surface area contributed by atoms with E-state index in [0.29, 0.717) is 17.3 Å². The normalized spacial score (nSPS) is 41.5. The maximum absolute atomic E-state index is 9.89. The molecular formula is C15H20O. The van der Waals surface area contributed by atoms with Gasteiger partial charge in [0, 0.05) is 0 Å². The Morgan fingerprint density at radius 3 is 2.50 bits per heavy atom. The van der Waals surface area contributed by atoms with Crippen LogP contribution in [-0.4, -0.2) is 11.2 Å². The third-order valence-electron chi connectivity index (χ3n) is 5.04. The number of hydrogen-bond donors (Lipinski definition) is 1. The van der Waals surface area contributed by atoms with Crippen molar-refractivity contribution in [2.45, 2.75) is 44.1 Å². The van der Waals surface area contributed by atoms with Crippen molar-refractivity contribution < 1.29 is 5.11 Å². The molecule has 0 spiro atoms. The molecule has 2 aliphatic carbocycles. The Hall–Kier alpha value is -0.820. The van der Waals surface area contributed by atoms with E-state index in [0.717, 1.165) is 6.42 Å². The zero-order valence-corrected chi connectivity index (χ0v) is 9.89. The van der Waals surface area contributed by atoms with Gasteiger partial charge in [-0.2, -0.15) is 0 Å². The Kier molecular flexibility index (Phi) is 2.32. The van der Waals surface area contributed by atoms with Gasteiger partial charge in [0.1, 0.15) is 0 Å². The van der Waals surface area contributed by atoms with Gasteiger partial charge < -0.3 is 5.11 Å². The van der Waals surface area contributed by atoms with E-state index in [1.54, 1.807) is 0 Å². The molecule has 2 fully saturated rings. The fourth-order valence-electron chi connectivity index (χ4n) is 4.17. The van der Waals surface area contributed by atoms with Crippen LogP contribution in [0.3, 0.4) is 0 Å². The zero-order valence-electron chi connectivity index (χ0n) is 9.89. The molecule has 1 N–H and O–H groups in total. The monoisotopic (exact) mass is 216 g/mol. The molecule has 0 radical (unpaired) electrons. The lowest BCUT2D eigenvalue weighted by Gasteiger charge is -2.39. The van der Waals surface area contributed by atoms with Gasteiger partial charge in [-0.25, -0.2) is 0 Å². The topological polar surface area (TPSA) is 20.2 Å². The first-order valence-electron chi connectivity index (χ1n) is 6.50. The smallest absolute Gasteiger partial charge is 0.0571 e. The van der Waals surface area contributed by atoms with E-state index in [-0.39, 0.29) is 6.10 Å². The van der Waals surface area contributed by atoms with Gasteiger partial charge in [-0.3, -0.25) is 0 Å². The second-order valence-electron chi connectivity index (χ2n) is 5.58. The van der Waals surface area contributed by atoms with Gasteiger partial charge in [0.05, 0.1) is 6.10 Å². The summed E-state index contributed by atoms with van der Waals surface area (Å²) in [6, 6.07) is 10.9. The first kappa shape index (κ1) is 10.3. The first-order chi connectivity index (χ1) is 7.76. The Morgan fingerprint density at radius 2 is 2.00 bits per heavy atom. The van der Waals surface area contributed by atoms with Crippen molar-refractivity contribution in [3.05, 3.63) is 35.9 Å². The van der Waals surface area contributed by atoms with Crippen LogP contribution in [0.25, 0.3) is 0 Å². The molecule has 1 heteroatoms. The van der Waals surface area contributed by atoms with Crippen LogP contribution in [-0.2, 0) is 5.41 Å². The van der Waals surface area contributed by atoms with Gasteiger partial charge in [0.2, 0.25) is 0 Å². The Bertz CT molecular complexity index is 370. The summed E-state index contributed by atoms with van der Waals surface area (Å²) in [4.78, 5) is 0. The molecule has 0 saturated heterocycles. The van der Waals surface area contributed by atoms with Gasteiger partial charge in [0.25, 0.3) is 0 Å². The van der Waals surface area contributed by atoms with Gasteiger partial charge in [-0.05, 0) is 48.5 Å². The Balaban J connectivity index is 1.98. The van der Waals surface area contributed by atoms with Crippen LogP contribution < -0.4 is 0 Å². The quantitative estimate of drug-likeness (QED) is 0.805. The lowest BCUT2D eigenvalue weighted by Crippen LogP contribution is -2.35. The van der Waals surface area contributed by atoms with Gasteiger partial charge in [-0.1, -0.05) is 37.3 Å². The van der Waals surface area contributed by atoms with Crippen LogP contribution in [0.5, 0.6) is 0 Å². The van der Waals surface area contributed by atoms with Crippen LogP contribution >= 0.6 is 0 Å². The summed E-state index contributed by atoms with van der Waals surface area (Å²) in [7, 11) is 0. The lowest BCUT2D eigenvalue weighted by atomic mass is 9.66. The predicted octanol–water partition coefficient (Wildman–Crippen LogP) is 3.13. The summed E-state index contributed by atoms with van der Waals surface area (Å²) in [6.07, 6.45) is 4.65. The SMILES string of the molecule is CCC1(c2ccccc2)CC2CC1CC2O. The van der Waals surface area contributed by atoms with Crippen molar-refractivity contribution in [1.82, 2.24) is 0 Å². The van der Waals surface area contributed by atoms with Crippen LogP contribution in [0.4, 0.5) is 0 Å². The summed E-state index contributed by atoms with van der Waals surface area (Å²) >= 11 is 0. The lowest BCUT2D eigenvalue weighted by molar-refractivity contribution is 0.0816. The fraction of sp³-hybridized carbons (Fsp3) is 0.600. The molecule has 4 atom stereocenters. The molecule has 16 heavy (non-hydrogen) atoms. The second-order valence-corrected chi connectivity index (χ2v) is 5.58. The maximum Gasteiger partial charge on any atom is 0.0571 e. The van der Waals surface area contributed by atoms with E-state index in [9.17, 15) is 5.11 Å². The molecule has 86 valence electrons. The summed E-state index contributed by atoms with van der Waals surface area (Å²) in [5.41, 5.74) is 1.86. The predicted molar refractivity (Wildman–Crippen MR) is 65.2 cm³/mol. The summed E-state index contributed by atoms with van der Waals surface area (Å²) in [5.74, 6) is 1.27. The number of benzene rings is 1. The molecule has 0 amide bonds. The molecule has 0 aromatic heterocycles. The molecular weight excluding hydrogens is 196 g/mol. The molecule has 0 heterocycles. The summed E-state index contributed by atoms with van der Waals surface area (Å²) in [6.45, 7) is 2.31. The van der Waals surface area contributed by atoms with Gasteiger partial charge in [-0.15, -0.1) is 0 Å². The summed E-state index contributed by atoms with van der Waals surface area (Å²) in [5, 5.41) is 9.89. The van der Waals surface area contributed by atoms with Crippen LogP contribution in [0, 0.1) is 11.8 Å². The molecule has 1 aromatic carbocycles. The van der Waals surface area contributed by atoms with E-state index in [1.807, 2.05) is 0 Å². The maximum atomic E-state index is 9.89. The van der Waals surface area contributed by atoms with Crippen molar-refractivity contribution in [2.24, 2.45) is 11.8 Å². The van der Waals surface area contributed by atoms with E-state index in [1.165, 1.54) is 24.8 Å². The Labute approximate surface area is 97.5 Å². The highest BCUT2D eigenvalue weighted by Gasteiger charge is 2.54. The first-order valence-corrected chi connectivity index (χ1v) is 6.50. The number of aliphatic hydroxyl groups excluding tert-OH is 1. The number of hydrogen-bond acceptors (Lipinski definition) is 1. The molecule has 2 aliphatic rings. The van der Waals surface area contributed by atoms with E-state index >= 15 is 0 Å². The fourth-order valence-corrected chi connectivity index (χ4v) is 4.17. The summed E-state index contributed by atoms with van der Waals surface area (Å²) < 4.78 is 0. The highest BCUT2D eigenvalue weighted by atomic mass is 16.3. The third kappa shape index (κ3) is 1.27. The molecule has 2 bridgehead atoms. The molecule has 3 rings (SSSR count).